The molecule has 3 rings (SSSR count). The van der Waals surface area contributed by atoms with E-state index in [1.807, 2.05) is 17.5 Å². The van der Waals surface area contributed by atoms with Gasteiger partial charge in [0, 0.05) is 37.6 Å². The molecule has 118 valence electrons. The van der Waals surface area contributed by atoms with Gasteiger partial charge in [0.2, 0.25) is 0 Å². The predicted octanol–water partition coefficient (Wildman–Crippen LogP) is 2.60. The Morgan fingerprint density at radius 1 is 1.32 bits per heavy atom. The fourth-order valence-corrected chi connectivity index (χ4v) is 3.54. The van der Waals surface area contributed by atoms with Gasteiger partial charge in [-0.3, -0.25) is 9.69 Å². The van der Waals surface area contributed by atoms with Crippen LogP contribution in [0.1, 0.15) is 21.5 Å². The van der Waals surface area contributed by atoms with Gasteiger partial charge in [0.05, 0.1) is 0 Å². The molecule has 22 heavy (non-hydrogen) atoms. The van der Waals surface area contributed by atoms with Crippen LogP contribution in [0.5, 0.6) is 0 Å². The molecule has 1 aliphatic heterocycles. The van der Waals surface area contributed by atoms with E-state index in [2.05, 4.69) is 20.8 Å². The van der Waals surface area contributed by atoms with Gasteiger partial charge in [-0.15, -0.1) is 11.3 Å². The number of carbonyl (C=O) groups excluding carboxylic acids is 1. The number of carbonyl (C=O) groups is 1. The lowest BCUT2D eigenvalue weighted by Gasteiger charge is -2.35. The molecule has 2 aromatic rings. The smallest absolute Gasteiger partial charge is 0.289 e. The average Bonchev–Trinajstić information content (AvgIpc) is 3.18. The van der Waals surface area contributed by atoms with Crippen molar-refractivity contribution >= 4 is 33.2 Å². The second kappa shape index (κ2) is 6.95. The largest absolute Gasteiger partial charge is 0.444 e. The van der Waals surface area contributed by atoms with E-state index in [-0.39, 0.29) is 5.91 Å². The molecule has 5 nitrogen and oxygen atoms in total. The van der Waals surface area contributed by atoms with Gasteiger partial charge in [-0.2, -0.15) is 0 Å². The summed E-state index contributed by atoms with van der Waals surface area (Å²) in [6.45, 7) is 3.42. The molecule has 7 heteroatoms. The third kappa shape index (κ3) is 3.60. The molecule has 1 aliphatic rings. The van der Waals surface area contributed by atoms with E-state index in [0.29, 0.717) is 30.1 Å². The average molecular weight is 385 g/mol. The molecule has 0 radical (unpaired) electrons. The normalized spacial score (nSPS) is 17.6. The number of rotatable bonds is 4. The number of halogens is 1. The zero-order valence-electron chi connectivity index (χ0n) is 11.9. The molecule has 0 spiro atoms. The highest BCUT2D eigenvalue weighted by Gasteiger charge is 2.25. The van der Waals surface area contributed by atoms with Gasteiger partial charge in [0.1, 0.15) is 6.10 Å². The first-order valence-electron chi connectivity index (χ1n) is 7.12. The quantitative estimate of drug-likeness (QED) is 0.879. The third-order valence-electron chi connectivity index (χ3n) is 3.75. The number of hydrogen-bond donors (Lipinski definition) is 1. The highest BCUT2D eigenvalue weighted by atomic mass is 79.9. The van der Waals surface area contributed by atoms with Gasteiger partial charge in [0.25, 0.3) is 5.91 Å². The van der Waals surface area contributed by atoms with Gasteiger partial charge in [0.15, 0.2) is 10.4 Å². The van der Waals surface area contributed by atoms with E-state index in [4.69, 9.17) is 4.42 Å². The van der Waals surface area contributed by atoms with Crippen molar-refractivity contribution in [3.05, 3.63) is 45.0 Å². The molecule has 1 fully saturated rings. The van der Waals surface area contributed by atoms with E-state index in [1.165, 1.54) is 0 Å². The van der Waals surface area contributed by atoms with E-state index in [0.717, 1.165) is 18.0 Å². The molecule has 1 N–H and O–H groups in total. The van der Waals surface area contributed by atoms with Crippen LogP contribution in [0.15, 0.2) is 38.7 Å². The topological polar surface area (TPSA) is 56.9 Å². The van der Waals surface area contributed by atoms with Crippen LogP contribution in [0.3, 0.4) is 0 Å². The highest BCUT2D eigenvalue weighted by molar-refractivity contribution is 9.10. The third-order valence-corrected chi connectivity index (χ3v) is 5.15. The van der Waals surface area contributed by atoms with E-state index in [9.17, 15) is 9.90 Å². The number of piperazine rings is 1. The van der Waals surface area contributed by atoms with Crippen molar-refractivity contribution in [2.75, 3.05) is 32.7 Å². The standard InChI is InChI=1S/C15H17BrN2O3S/c16-14-4-3-12(21-14)15(20)18-7-5-17(6-8-18)10-11(19)13-2-1-9-22-13/h1-4,9,11,19H,5-8,10H2. The van der Waals surface area contributed by atoms with Crippen molar-refractivity contribution in [1.82, 2.24) is 9.80 Å². The summed E-state index contributed by atoms with van der Waals surface area (Å²) in [7, 11) is 0. The lowest BCUT2D eigenvalue weighted by molar-refractivity contribution is 0.0507. The van der Waals surface area contributed by atoms with E-state index in [1.54, 1.807) is 28.4 Å². The molecule has 1 unspecified atom stereocenters. The summed E-state index contributed by atoms with van der Waals surface area (Å²) in [5.74, 6) is 0.281. The Labute approximate surface area is 141 Å². The van der Waals surface area contributed by atoms with Gasteiger partial charge in [-0.1, -0.05) is 6.07 Å². The lowest BCUT2D eigenvalue weighted by atomic mass is 10.2. The molecule has 0 bridgehead atoms. The van der Waals surface area contributed by atoms with Crippen molar-refractivity contribution in [1.29, 1.82) is 0 Å². The van der Waals surface area contributed by atoms with Crippen molar-refractivity contribution in [3.8, 4) is 0 Å². The van der Waals surface area contributed by atoms with Gasteiger partial charge >= 0.3 is 0 Å². The summed E-state index contributed by atoms with van der Waals surface area (Å²) >= 11 is 4.77. The summed E-state index contributed by atoms with van der Waals surface area (Å²) in [4.78, 5) is 17.2. The number of aliphatic hydroxyl groups excluding tert-OH is 1. The van der Waals surface area contributed by atoms with Crippen LogP contribution in [-0.4, -0.2) is 53.5 Å². The number of thiophene rings is 1. The van der Waals surface area contributed by atoms with Crippen LogP contribution in [0, 0.1) is 0 Å². The minimum atomic E-state index is -0.455. The molecule has 0 aromatic carbocycles. The van der Waals surface area contributed by atoms with Crippen molar-refractivity contribution in [2.45, 2.75) is 6.10 Å². The first-order chi connectivity index (χ1) is 10.6. The van der Waals surface area contributed by atoms with Crippen LogP contribution in [0.25, 0.3) is 0 Å². The van der Waals surface area contributed by atoms with Crippen LogP contribution >= 0.6 is 27.3 Å². The summed E-state index contributed by atoms with van der Waals surface area (Å²) in [6, 6.07) is 7.30. The molecule has 3 heterocycles. The number of aliphatic hydroxyl groups is 1. The number of amides is 1. The number of β-amino-alcohol motifs (C(OH)–C–C–N with tert-alkyl or cyclic N) is 1. The molecule has 2 aromatic heterocycles. The zero-order valence-corrected chi connectivity index (χ0v) is 14.3. The summed E-state index contributed by atoms with van der Waals surface area (Å²) in [6.07, 6.45) is -0.455. The number of hydrogen-bond acceptors (Lipinski definition) is 5. The molecule has 0 aliphatic carbocycles. The number of furan rings is 1. The van der Waals surface area contributed by atoms with Crippen molar-refractivity contribution in [2.24, 2.45) is 0 Å². The van der Waals surface area contributed by atoms with Crippen LogP contribution in [-0.2, 0) is 0 Å². The Morgan fingerprint density at radius 2 is 2.09 bits per heavy atom. The maximum atomic E-state index is 12.3. The van der Waals surface area contributed by atoms with Crippen LogP contribution in [0.4, 0.5) is 0 Å². The molecule has 1 saturated heterocycles. The SMILES string of the molecule is O=C(c1ccc(Br)o1)N1CCN(CC(O)c2cccs2)CC1. The molecule has 1 amide bonds. The summed E-state index contributed by atoms with van der Waals surface area (Å²) < 4.78 is 5.88. The number of nitrogens with zero attached hydrogens (tertiary/aromatic N) is 2. The maximum absolute atomic E-state index is 12.3. The first kappa shape index (κ1) is 15.7. The van der Waals surface area contributed by atoms with Crippen LogP contribution < -0.4 is 0 Å². The Bertz CT molecular complexity index is 621. The fourth-order valence-electron chi connectivity index (χ4n) is 2.53. The lowest BCUT2D eigenvalue weighted by Crippen LogP contribution is -2.49. The van der Waals surface area contributed by atoms with Gasteiger partial charge in [-0.05, 0) is 39.5 Å². The highest BCUT2D eigenvalue weighted by Crippen LogP contribution is 2.21. The first-order valence-corrected chi connectivity index (χ1v) is 8.79. The summed E-state index contributed by atoms with van der Waals surface area (Å²) in [5.41, 5.74) is 0. The fraction of sp³-hybridized carbons (Fsp3) is 0.400. The van der Waals surface area contributed by atoms with E-state index < -0.39 is 6.10 Å². The van der Waals surface area contributed by atoms with Gasteiger partial charge < -0.3 is 14.4 Å². The monoisotopic (exact) mass is 384 g/mol. The predicted molar refractivity (Wildman–Crippen MR) is 88.0 cm³/mol. The second-order valence-corrected chi connectivity index (χ2v) is 6.99. The Morgan fingerprint density at radius 3 is 2.68 bits per heavy atom. The van der Waals surface area contributed by atoms with E-state index >= 15 is 0 Å². The molecule has 0 saturated carbocycles. The minimum absolute atomic E-state index is 0.0795. The van der Waals surface area contributed by atoms with Crippen molar-refractivity contribution in [3.63, 3.8) is 0 Å². The molecule has 1 atom stereocenters. The Kier molecular flexibility index (Phi) is 4.97. The maximum Gasteiger partial charge on any atom is 0.289 e. The van der Waals surface area contributed by atoms with Crippen LogP contribution in [0.2, 0.25) is 0 Å². The van der Waals surface area contributed by atoms with Crippen molar-refractivity contribution < 1.29 is 14.3 Å². The Hall–Kier alpha value is -1.15. The second-order valence-electron chi connectivity index (χ2n) is 5.23. The zero-order chi connectivity index (χ0) is 15.5. The van der Waals surface area contributed by atoms with Gasteiger partial charge in [-0.25, -0.2) is 0 Å². The Balaban J connectivity index is 1.51. The molecular weight excluding hydrogens is 368 g/mol. The minimum Gasteiger partial charge on any atom is -0.444 e. The molecular formula is C15H17BrN2O3S. The summed E-state index contributed by atoms with van der Waals surface area (Å²) in [5, 5.41) is 12.2.